The number of fused-ring (bicyclic) bond motifs is 1. The first-order chi connectivity index (χ1) is 15.4. The van der Waals surface area contributed by atoms with Gasteiger partial charge in [0, 0.05) is 11.5 Å². The van der Waals surface area contributed by atoms with Crippen LogP contribution in [-0.2, 0) is 11.3 Å². The lowest BCUT2D eigenvalue weighted by molar-refractivity contribution is 0.0466. The molecule has 4 aromatic rings. The van der Waals surface area contributed by atoms with Crippen LogP contribution in [0.5, 0.6) is 11.5 Å². The lowest BCUT2D eigenvalue weighted by atomic mass is 10.2. The van der Waals surface area contributed by atoms with E-state index < -0.39 is 5.97 Å². The first kappa shape index (κ1) is 21.2. The van der Waals surface area contributed by atoms with E-state index in [1.807, 2.05) is 50.2 Å². The van der Waals surface area contributed by atoms with Gasteiger partial charge in [0.1, 0.15) is 29.4 Å². The van der Waals surface area contributed by atoms with Crippen LogP contribution in [0.4, 0.5) is 0 Å². The van der Waals surface area contributed by atoms with Crippen molar-refractivity contribution < 1.29 is 19.0 Å². The Morgan fingerprint density at radius 3 is 2.50 bits per heavy atom. The predicted molar refractivity (Wildman–Crippen MR) is 122 cm³/mol. The molecule has 164 valence electrons. The van der Waals surface area contributed by atoms with E-state index in [0.717, 1.165) is 16.7 Å². The van der Waals surface area contributed by atoms with E-state index in [9.17, 15) is 9.59 Å². The summed E-state index contributed by atoms with van der Waals surface area (Å²) in [5, 5.41) is 0.723. The average molecular weight is 432 g/mol. The lowest BCUT2D eigenvalue weighted by Crippen LogP contribution is -2.17. The van der Waals surface area contributed by atoms with Gasteiger partial charge < -0.3 is 19.2 Å². The Bertz CT molecular complexity index is 1300. The molecule has 4 rings (SSSR count). The number of aromatic nitrogens is 2. The van der Waals surface area contributed by atoms with E-state index in [1.54, 1.807) is 31.4 Å². The molecule has 0 saturated carbocycles. The number of hydrogen-bond acceptors (Lipinski definition) is 5. The minimum atomic E-state index is -0.510. The van der Waals surface area contributed by atoms with Crippen LogP contribution in [0.1, 0.15) is 29.9 Å². The Morgan fingerprint density at radius 2 is 1.78 bits per heavy atom. The average Bonchev–Trinajstić information content (AvgIpc) is 3.22. The van der Waals surface area contributed by atoms with Crippen molar-refractivity contribution in [3.8, 4) is 17.2 Å². The molecule has 2 aromatic carbocycles. The third-order valence-corrected chi connectivity index (χ3v) is 4.87. The fourth-order valence-electron chi connectivity index (χ4n) is 3.42. The number of ether oxygens (including phenoxy) is 3. The summed E-state index contributed by atoms with van der Waals surface area (Å²) in [4.78, 5) is 28.3. The van der Waals surface area contributed by atoms with E-state index in [4.69, 9.17) is 14.2 Å². The standard InChI is InChI=1S/C25H24N2O5/c1-16(2)32-20-10-8-19(9-11-20)27-23(28)12-7-18-14-22(26-24(18)27)25(29)31-15-17-5-4-6-21(13-17)30-3/h4-14,16,26H,15H2,1-3H3. The zero-order valence-electron chi connectivity index (χ0n) is 18.1. The van der Waals surface area contributed by atoms with Crippen LogP contribution in [0.2, 0.25) is 0 Å². The van der Waals surface area contributed by atoms with Crippen molar-refractivity contribution in [1.82, 2.24) is 9.55 Å². The number of H-pyrrole nitrogens is 1. The third-order valence-electron chi connectivity index (χ3n) is 4.87. The molecule has 32 heavy (non-hydrogen) atoms. The van der Waals surface area contributed by atoms with Gasteiger partial charge in [-0.05, 0) is 67.9 Å². The molecule has 0 atom stereocenters. The van der Waals surface area contributed by atoms with Gasteiger partial charge in [-0.3, -0.25) is 9.36 Å². The minimum absolute atomic E-state index is 0.0564. The fraction of sp³-hybridized carbons (Fsp3) is 0.200. The zero-order valence-corrected chi connectivity index (χ0v) is 18.1. The Kier molecular flexibility index (Phi) is 5.98. The molecule has 0 radical (unpaired) electrons. The van der Waals surface area contributed by atoms with Crippen LogP contribution in [0, 0.1) is 0 Å². The normalized spacial score (nSPS) is 11.0. The van der Waals surface area contributed by atoms with Gasteiger partial charge in [0.05, 0.1) is 18.9 Å². The van der Waals surface area contributed by atoms with Gasteiger partial charge in [-0.15, -0.1) is 0 Å². The lowest BCUT2D eigenvalue weighted by Gasteiger charge is -2.11. The van der Waals surface area contributed by atoms with Gasteiger partial charge in [0.25, 0.3) is 5.56 Å². The molecule has 0 amide bonds. The number of nitrogens with one attached hydrogen (secondary N) is 1. The second-order valence-electron chi connectivity index (χ2n) is 7.58. The molecule has 7 heteroatoms. The van der Waals surface area contributed by atoms with Crippen molar-refractivity contribution in [2.45, 2.75) is 26.6 Å². The summed E-state index contributed by atoms with van der Waals surface area (Å²) < 4.78 is 17.8. The molecule has 0 unspecified atom stereocenters. The smallest absolute Gasteiger partial charge is 0.355 e. The number of carbonyl (C=O) groups is 1. The molecule has 1 N–H and O–H groups in total. The van der Waals surface area contributed by atoms with Gasteiger partial charge >= 0.3 is 5.97 Å². The number of hydrogen-bond donors (Lipinski definition) is 1. The van der Waals surface area contributed by atoms with Crippen LogP contribution in [0.15, 0.2) is 71.5 Å². The second-order valence-corrected chi connectivity index (χ2v) is 7.58. The summed E-state index contributed by atoms with van der Waals surface area (Å²) in [5.41, 5.74) is 2.04. The first-order valence-electron chi connectivity index (χ1n) is 10.3. The molecule has 0 saturated heterocycles. The molecule has 0 aliphatic carbocycles. The van der Waals surface area contributed by atoms with Crippen molar-refractivity contribution in [2.24, 2.45) is 0 Å². The van der Waals surface area contributed by atoms with E-state index in [1.165, 1.54) is 10.6 Å². The Hall–Kier alpha value is -4.00. The minimum Gasteiger partial charge on any atom is -0.497 e. The third kappa shape index (κ3) is 4.51. The van der Waals surface area contributed by atoms with Crippen molar-refractivity contribution >= 4 is 17.0 Å². The number of methoxy groups -OCH3 is 1. The van der Waals surface area contributed by atoms with E-state index >= 15 is 0 Å². The molecular formula is C25H24N2O5. The van der Waals surface area contributed by atoms with Gasteiger partial charge in [0.15, 0.2) is 0 Å². The highest BCUT2D eigenvalue weighted by Crippen LogP contribution is 2.21. The van der Waals surface area contributed by atoms with E-state index in [-0.39, 0.29) is 24.0 Å². The van der Waals surface area contributed by atoms with Crippen LogP contribution in [-0.4, -0.2) is 28.7 Å². The van der Waals surface area contributed by atoms with Crippen molar-refractivity contribution in [2.75, 3.05) is 7.11 Å². The summed E-state index contributed by atoms with van der Waals surface area (Å²) in [6, 6.07) is 19.4. The highest BCUT2D eigenvalue weighted by atomic mass is 16.5. The first-order valence-corrected chi connectivity index (χ1v) is 10.3. The molecule has 0 aliphatic heterocycles. The van der Waals surface area contributed by atoms with E-state index in [2.05, 4.69) is 4.98 Å². The Balaban J connectivity index is 1.60. The molecule has 0 spiro atoms. The molecule has 7 nitrogen and oxygen atoms in total. The number of benzene rings is 2. The van der Waals surface area contributed by atoms with E-state index in [0.29, 0.717) is 17.1 Å². The van der Waals surface area contributed by atoms with Gasteiger partial charge in [-0.2, -0.15) is 0 Å². The maximum absolute atomic E-state index is 12.6. The highest BCUT2D eigenvalue weighted by Gasteiger charge is 2.15. The number of pyridine rings is 1. The largest absolute Gasteiger partial charge is 0.497 e. The number of rotatable bonds is 7. The topological polar surface area (TPSA) is 82.6 Å². The Morgan fingerprint density at radius 1 is 1.00 bits per heavy atom. The van der Waals surface area contributed by atoms with Crippen LogP contribution < -0.4 is 15.0 Å². The maximum atomic E-state index is 12.6. The number of nitrogens with zero attached hydrogens (tertiary/aromatic N) is 1. The maximum Gasteiger partial charge on any atom is 0.355 e. The van der Waals surface area contributed by atoms with Crippen LogP contribution >= 0.6 is 0 Å². The second kappa shape index (κ2) is 9.01. The van der Waals surface area contributed by atoms with Gasteiger partial charge in [-0.25, -0.2) is 4.79 Å². The van der Waals surface area contributed by atoms with Crippen molar-refractivity contribution in [3.63, 3.8) is 0 Å². The van der Waals surface area contributed by atoms with Crippen molar-refractivity contribution in [1.29, 1.82) is 0 Å². The Labute approximate surface area is 185 Å². The van der Waals surface area contributed by atoms with Crippen molar-refractivity contribution in [3.05, 3.63) is 88.3 Å². The molecule has 2 aromatic heterocycles. The summed E-state index contributed by atoms with van der Waals surface area (Å²) in [5.74, 6) is 0.902. The zero-order chi connectivity index (χ0) is 22.7. The number of carbonyl (C=O) groups excluding carboxylic acids is 1. The summed E-state index contributed by atoms with van der Waals surface area (Å²) in [7, 11) is 1.58. The summed E-state index contributed by atoms with van der Waals surface area (Å²) in [6.45, 7) is 4.01. The van der Waals surface area contributed by atoms with Crippen LogP contribution in [0.25, 0.3) is 16.7 Å². The molecule has 0 bridgehead atoms. The van der Waals surface area contributed by atoms with Gasteiger partial charge in [0.2, 0.25) is 0 Å². The monoisotopic (exact) mass is 432 g/mol. The predicted octanol–water partition coefficient (Wildman–Crippen LogP) is 4.47. The molecule has 0 fully saturated rings. The molecular weight excluding hydrogens is 408 g/mol. The molecule has 0 aliphatic rings. The van der Waals surface area contributed by atoms with Gasteiger partial charge in [-0.1, -0.05) is 12.1 Å². The van der Waals surface area contributed by atoms with Crippen LogP contribution in [0.3, 0.4) is 0 Å². The summed E-state index contributed by atoms with van der Waals surface area (Å²) >= 11 is 0. The quantitative estimate of drug-likeness (QED) is 0.436. The molecule has 2 heterocycles. The fourth-order valence-corrected chi connectivity index (χ4v) is 3.42. The number of aromatic amines is 1. The summed E-state index contributed by atoms with van der Waals surface area (Å²) in [6.07, 6.45) is 0.0564. The highest BCUT2D eigenvalue weighted by molar-refractivity contribution is 5.94. The number of esters is 1. The SMILES string of the molecule is COc1cccc(COC(=O)c2cc3ccc(=O)n(-c4ccc(OC(C)C)cc4)c3[nH]2)c1.